The van der Waals surface area contributed by atoms with E-state index < -0.39 is 67.7 Å². The molecule has 0 fully saturated rings. The van der Waals surface area contributed by atoms with Gasteiger partial charge in [0, 0.05) is 0 Å². The molecule has 0 aliphatic rings. The molecule has 0 atom stereocenters. The molecule has 0 spiro atoms. The summed E-state index contributed by atoms with van der Waals surface area (Å²) in [5, 5.41) is 8.44. The molecule has 0 heterocycles. The van der Waals surface area contributed by atoms with Gasteiger partial charge in [0.15, 0.2) is 46.5 Å². The van der Waals surface area contributed by atoms with Crippen LogP contribution in [0.4, 0.5) is 35.1 Å². The summed E-state index contributed by atoms with van der Waals surface area (Å²) in [5.74, 6) is -15.6. The van der Waals surface area contributed by atoms with Crippen LogP contribution in [-0.4, -0.2) is 0 Å². The van der Waals surface area contributed by atoms with Crippen LogP contribution in [0.1, 0.15) is 16.7 Å². The SMILES string of the molecule is N#Cc1c(F)c(F)c(/C=C/c2c(F)c(F)c(Br)c(F)c2F)c(F)c1F. The van der Waals surface area contributed by atoms with Crippen LogP contribution in [0.15, 0.2) is 4.47 Å². The maximum atomic E-state index is 13.7. The van der Waals surface area contributed by atoms with Crippen molar-refractivity contribution in [3.05, 3.63) is 67.7 Å². The van der Waals surface area contributed by atoms with Gasteiger partial charge in [-0.2, -0.15) is 5.26 Å². The second kappa shape index (κ2) is 6.84. The number of nitrogens with zero attached hydrogens (tertiary/aromatic N) is 1. The van der Waals surface area contributed by atoms with Gasteiger partial charge < -0.3 is 0 Å². The van der Waals surface area contributed by atoms with Gasteiger partial charge in [-0.25, -0.2) is 35.1 Å². The van der Waals surface area contributed by atoms with Crippen LogP contribution in [-0.2, 0) is 0 Å². The molecule has 0 aliphatic carbocycles. The molecule has 0 aromatic heterocycles. The van der Waals surface area contributed by atoms with Gasteiger partial charge in [0.25, 0.3) is 0 Å². The number of halogens is 9. The fraction of sp³-hybridized carbons (Fsp3) is 0. The van der Waals surface area contributed by atoms with Crippen molar-refractivity contribution in [3.63, 3.8) is 0 Å². The molecule has 10 heteroatoms. The molecule has 0 saturated carbocycles. The highest BCUT2D eigenvalue weighted by atomic mass is 79.9. The lowest BCUT2D eigenvalue weighted by Gasteiger charge is -2.07. The van der Waals surface area contributed by atoms with Crippen molar-refractivity contribution in [2.24, 2.45) is 0 Å². The first-order valence-corrected chi connectivity index (χ1v) is 6.88. The molecule has 0 unspecified atom stereocenters. The van der Waals surface area contributed by atoms with Crippen LogP contribution in [0, 0.1) is 57.9 Å². The third-order valence-corrected chi connectivity index (χ3v) is 3.77. The molecular weight excluding hydrogens is 426 g/mol. The quantitative estimate of drug-likeness (QED) is 0.264. The molecule has 0 amide bonds. The van der Waals surface area contributed by atoms with E-state index in [4.69, 9.17) is 5.26 Å². The molecule has 0 radical (unpaired) electrons. The molecule has 2 aromatic rings. The summed E-state index contributed by atoms with van der Waals surface area (Å²) in [4.78, 5) is 0. The standard InChI is InChI=1S/C15H2BrF8N/c16-7-14(23)10(19)5(11(20)15(7)24)2-1-4-8(17)12(21)6(3-25)13(22)9(4)18/h1-2H/b2-1+. The highest BCUT2D eigenvalue weighted by molar-refractivity contribution is 9.10. The largest absolute Gasteiger partial charge is 0.203 e. The van der Waals surface area contributed by atoms with Gasteiger partial charge in [0.2, 0.25) is 0 Å². The van der Waals surface area contributed by atoms with Crippen molar-refractivity contribution in [1.82, 2.24) is 0 Å². The lowest BCUT2D eigenvalue weighted by molar-refractivity contribution is 0.443. The Labute approximate surface area is 142 Å². The predicted molar refractivity (Wildman–Crippen MR) is 73.9 cm³/mol. The van der Waals surface area contributed by atoms with Crippen molar-refractivity contribution in [2.45, 2.75) is 0 Å². The summed E-state index contributed by atoms with van der Waals surface area (Å²) in [6, 6.07) is 0.907. The smallest absolute Gasteiger partial charge is 0.180 e. The fourth-order valence-corrected chi connectivity index (χ4v) is 2.18. The van der Waals surface area contributed by atoms with Gasteiger partial charge in [0.05, 0.1) is 15.6 Å². The number of nitriles is 1. The van der Waals surface area contributed by atoms with Crippen molar-refractivity contribution in [2.75, 3.05) is 0 Å². The van der Waals surface area contributed by atoms with E-state index in [0.717, 1.165) is 6.07 Å². The van der Waals surface area contributed by atoms with Crippen LogP contribution < -0.4 is 0 Å². The van der Waals surface area contributed by atoms with E-state index in [0.29, 0.717) is 0 Å². The van der Waals surface area contributed by atoms with Crippen molar-refractivity contribution >= 4 is 28.1 Å². The predicted octanol–water partition coefficient (Wildman–Crippen LogP) is 5.60. The summed E-state index contributed by atoms with van der Waals surface area (Å²) in [6.07, 6.45) is 0.363. The average Bonchev–Trinajstić information content (AvgIpc) is 2.59. The Bertz CT molecular complexity index is 903. The summed E-state index contributed by atoms with van der Waals surface area (Å²) in [7, 11) is 0. The van der Waals surface area contributed by atoms with E-state index in [9.17, 15) is 35.1 Å². The molecule has 0 bridgehead atoms. The minimum absolute atomic E-state index is 0.173. The number of hydrogen-bond acceptors (Lipinski definition) is 1. The van der Waals surface area contributed by atoms with Gasteiger partial charge in [-0.15, -0.1) is 0 Å². The Morgan fingerprint density at radius 3 is 1.24 bits per heavy atom. The van der Waals surface area contributed by atoms with Gasteiger partial charge in [-0.3, -0.25) is 0 Å². The Balaban J connectivity index is 2.69. The van der Waals surface area contributed by atoms with E-state index in [2.05, 4.69) is 15.9 Å². The molecule has 1 nitrogen and oxygen atoms in total. The van der Waals surface area contributed by atoms with E-state index >= 15 is 0 Å². The minimum Gasteiger partial charge on any atom is -0.203 e. The van der Waals surface area contributed by atoms with Crippen molar-refractivity contribution in [3.8, 4) is 6.07 Å². The number of hydrogen-bond donors (Lipinski definition) is 0. The molecule has 2 aromatic carbocycles. The van der Waals surface area contributed by atoms with E-state index in [1.54, 1.807) is 0 Å². The number of benzene rings is 2. The molecule has 0 N–H and O–H groups in total. The molecular formula is C15H2BrF8N. The number of rotatable bonds is 2. The van der Waals surface area contributed by atoms with Crippen LogP contribution >= 0.6 is 15.9 Å². The Kier molecular flexibility index (Phi) is 5.17. The Hall–Kier alpha value is -2.41. The highest BCUT2D eigenvalue weighted by Gasteiger charge is 2.25. The summed E-state index contributed by atoms with van der Waals surface area (Å²) in [5.41, 5.74) is -4.34. The Morgan fingerprint density at radius 1 is 0.600 bits per heavy atom. The van der Waals surface area contributed by atoms with Gasteiger partial charge in [0.1, 0.15) is 11.6 Å². The monoisotopic (exact) mass is 427 g/mol. The second-order valence-electron chi connectivity index (χ2n) is 4.47. The zero-order valence-corrected chi connectivity index (χ0v) is 13.1. The van der Waals surface area contributed by atoms with E-state index in [1.165, 1.54) is 0 Å². The maximum absolute atomic E-state index is 13.7. The molecule has 0 saturated heterocycles. The zero-order valence-electron chi connectivity index (χ0n) is 11.5. The highest BCUT2D eigenvalue weighted by Crippen LogP contribution is 2.30. The third-order valence-electron chi connectivity index (χ3n) is 3.07. The fourth-order valence-electron chi connectivity index (χ4n) is 1.83. The van der Waals surface area contributed by atoms with Gasteiger partial charge >= 0.3 is 0 Å². The lowest BCUT2D eigenvalue weighted by Crippen LogP contribution is -2.04. The van der Waals surface area contributed by atoms with Crippen molar-refractivity contribution in [1.29, 1.82) is 5.26 Å². The Morgan fingerprint density at radius 2 is 0.920 bits per heavy atom. The first-order chi connectivity index (χ1) is 11.6. The van der Waals surface area contributed by atoms with E-state index in [1.807, 2.05) is 0 Å². The van der Waals surface area contributed by atoms with Gasteiger partial charge in [-0.1, -0.05) is 0 Å². The summed E-state index contributed by atoms with van der Waals surface area (Å²) >= 11 is 2.27. The third kappa shape index (κ3) is 3.00. The van der Waals surface area contributed by atoms with Crippen LogP contribution in [0.2, 0.25) is 0 Å². The van der Waals surface area contributed by atoms with Gasteiger partial charge in [-0.05, 0) is 28.1 Å². The van der Waals surface area contributed by atoms with Crippen LogP contribution in [0.3, 0.4) is 0 Å². The summed E-state index contributed by atoms with van der Waals surface area (Å²) < 4.78 is 107. The van der Waals surface area contributed by atoms with Crippen molar-refractivity contribution < 1.29 is 35.1 Å². The van der Waals surface area contributed by atoms with E-state index in [-0.39, 0.29) is 12.2 Å². The first-order valence-electron chi connectivity index (χ1n) is 6.09. The second-order valence-corrected chi connectivity index (χ2v) is 5.27. The molecule has 2 rings (SSSR count). The minimum atomic E-state index is -2.03. The molecule has 0 aliphatic heterocycles. The van der Waals surface area contributed by atoms with Crippen LogP contribution in [0.25, 0.3) is 12.2 Å². The topological polar surface area (TPSA) is 23.8 Å². The lowest BCUT2D eigenvalue weighted by atomic mass is 10.1. The molecule has 25 heavy (non-hydrogen) atoms. The zero-order chi connectivity index (χ0) is 19.0. The summed E-state index contributed by atoms with van der Waals surface area (Å²) in [6.45, 7) is 0. The average molecular weight is 428 g/mol. The van der Waals surface area contributed by atoms with Crippen LogP contribution in [0.5, 0.6) is 0 Å². The first kappa shape index (κ1) is 18.9. The maximum Gasteiger partial charge on any atom is 0.180 e. The normalized spacial score (nSPS) is 11.2. The molecule has 130 valence electrons.